The number of rotatable bonds is 3. The van der Waals surface area contributed by atoms with E-state index in [1.807, 2.05) is 0 Å². The number of benzene rings is 1. The second kappa shape index (κ2) is 5.27. The van der Waals surface area contributed by atoms with E-state index < -0.39 is 33.8 Å². The maximum Gasteiger partial charge on any atom is 0.341 e. The van der Waals surface area contributed by atoms with E-state index in [4.69, 9.17) is 27.7 Å². The summed E-state index contributed by atoms with van der Waals surface area (Å²) in [7, 11) is 0. The summed E-state index contributed by atoms with van der Waals surface area (Å²) in [5.74, 6) is -2.86. The van der Waals surface area contributed by atoms with Gasteiger partial charge in [-0.1, -0.05) is 28.4 Å². The molecule has 0 aliphatic rings. The standard InChI is InChI=1S/C13H9Cl2F2NO3/c1-13(2,17)11-7(12(19)20)10(18-21-11)5-3-4-6(14)9(16)8(5)15/h3-4H,1-2H3,(H,19,20). The molecule has 4 nitrogen and oxygen atoms in total. The van der Waals surface area contributed by atoms with Crippen molar-refractivity contribution in [1.82, 2.24) is 5.16 Å². The van der Waals surface area contributed by atoms with Crippen LogP contribution in [0.15, 0.2) is 16.7 Å². The average Bonchev–Trinajstić information content (AvgIpc) is 2.80. The number of hydrogen-bond acceptors (Lipinski definition) is 3. The summed E-state index contributed by atoms with van der Waals surface area (Å²) in [6.45, 7) is 2.24. The molecule has 1 heterocycles. The molecule has 0 fully saturated rings. The van der Waals surface area contributed by atoms with Crippen molar-refractivity contribution in [3.05, 3.63) is 39.3 Å². The highest BCUT2D eigenvalue weighted by Crippen LogP contribution is 2.38. The molecule has 8 heteroatoms. The third-order valence-electron chi connectivity index (χ3n) is 2.74. The molecule has 0 spiro atoms. The van der Waals surface area contributed by atoms with Gasteiger partial charge < -0.3 is 9.63 Å². The third-order valence-corrected chi connectivity index (χ3v) is 3.40. The minimum Gasteiger partial charge on any atom is -0.477 e. The Morgan fingerprint density at radius 3 is 2.52 bits per heavy atom. The van der Waals surface area contributed by atoms with E-state index in [0.717, 1.165) is 13.8 Å². The van der Waals surface area contributed by atoms with Crippen LogP contribution in [0.3, 0.4) is 0 Å². The van der Waals surface area contributed by atoms with Crippen LogP contribution in [-0.2, 0) is 5.67 Å². The first kappa shape index (κ1) is 15.7. The minimum absolute atomic E-state index is 0.0461. The van der Waals surface area contributed by atoms with Gasteiger partial charge in [0.1, 0.15) is 11.3 Å². The molecule has 0 atom stereocenters. The molecule has 0 unspecified atom stereocenters. The van der Waals surface area contributed by atoms with Crippen molar-refractivity contribution in [3.8, 4) is 11.3 Å². The molecule has 0 aliphatic heterocycles. The van der Waals surface area contributed by atoms with Gasteiger partial charge >= 0.3 is 5.97 Å². The number of halogens is 4. The van der Waals surface area contributed by atoms with Crippen molar-refractivity contribution in [3.63, 3.8) is 0 Å². The Kier molecular flexibility index (Phi) is 3.95. The lowest BCUT2D eigenvalue weighted by atomic mass is 9.99. The largest absolute Gasteiger partial charge is 0.477 e. The second-order valence-electron chi connectivity index (χ2n) is 4.74. The molecule has 2 aromatic rings. The van der Waals surface area contributed by atoms with E-state index in [-0.39, 0.29) is 16.3 Å². The third kappa shape index (κ3) is 2.73. The van der Waals surface area contributed by atoms with Crippen LogP contribution in [0.25, 0.3) is 11.3 Å². The molecule has 21 heavy (non-hydrogen) atoms. The van der Waals surface area contributed by atoms with Crippen LogP contribution in [0.2, 0.25) is 10.0 Å². The predicted molar refractivity (Wildman–Crippen MR) is 73.0 cm³/mol. The first-order valence-electron chi connectivity index (χ1n) is 5.70. The Labute approximate surface area is 128 Å². The van der Waals surface area contributed by atoms with E-state index in [1.165, 1.54) is 12.1 Å². The molecule has 1 aromatic heterocycles. The quantitative estimate of drug-likeness (QED) is 0.826. The van der Waals surface area contributed by atoms with Gasteiger partial charge in [-0.3, -0.25) is 0 Å². The van der Waals surface area contributed by atoms with Crippen LogP contribution in [-0.4, -0.2) is 16.2 Å². The van der Waals surface area contributed by atoms with Crippen molar-refractivity contribution in [2.75, 3.05) is 0 Å². The average molecular weight is 336 g/mol. The normalized spacial score (nSPS) is 11.7. The maximum absolute atomic E-state index is 14.0. The van der Waals surface area contributed by atoms with E-state index >= 15 is 0 Å². The summed E-state index contributed by atoms with van der Waals surface area (Å²) in [4.78, 5) is 11.4. The number of carbonyl (C=O) groups is 1. The fourth-order valence-electron chi connectivity index (χ4n) is 1.79. The molecule has 0 amide bonds. The zero-order valence-electron chi connectivity index (χ0n) is 10.9. The van der Waals surface area contributed by atoms with Crippen LogP contribution in [0.5, 0.6) is 0 Å². The summed E-state index contributed by atoms with van der Waals surface area (Å²) in [5.41, 5.74) is -2.89. The van der Waals surface area contributed by atoms with E-state index in [1.54, 1.807) is 0 Å². The minimum atomic E-state index is -2.07. The fraction of sp³-hybridized carbons (Fsp3) is 0.231. The van der Waals surface area contributed by atoms with E-state index in [9.17, 15) is 18.7 Å². The topological polar surface area (TPSA) is 63.3 Å². The van der Waals surface area contributed by atoms with Gasteiger partial charge in [0.15, 0.2) is 17.2 Å². The van der Waals surface area contributed by atoms with Gasteiger partial charge in [-0.05, 0) is 26.0 Å². The zero-order chi connectivity index (χ0) is 15.9. The predicted octanol–water partition coefficient (Wildman–Crippen LogP) is 4.69. The Hall–Kier alpha value is -1.66. The molecule has 1 aromatic carbocycles. The van der Waals surface area contributed by atoms with Crippen molar-refractivity contribution < 1.29 is 23.2 Å². The van der Waals surface area contributed by atoms with E-state index in [2.05, 4.69) is 5.16 Å². The molecule has 2 rings (SSSR count). The second-order valence-corrected chi connectivity index (χ2v) is 5.52. The smallest absolute Gasteiger partial charge is 0.341 e. The molecule has 0 saturated carbocycles. The summed E-state index contributed by atoms with van der Waals surface area (Å²) < 4.78 is 32.5. The fourth-order valence-corrected chi connectivity index (χ4v) is 2.25. The lowest BCUT2D eigenvalue weighted by molar-refractivity contribution is 0.0683. The molecule has 0 aliphatic carbocycles. The first-order chi connectivity index (χ1) is 9.64. The van der Waals surface area contributed by atoms with Crippen LogP contribution >= 0.6 is 23.2 Å². The highest BCUT2D eigenvalue weighted by atomic mass is 35.5. The summed E-state index contributed by atoms with van der Waals surface area (Å²) >= 11 is 11.4. The van der Waals surface area contributed by atoms with Crippen LogP contribution in [0, 0.1) is 5.82 Å². The number of nitrogens with zero attached hydrogens (tertiary/aromatic N) is 1. The monoisotopic (exact) mass is 335 g/mol. The lowest BCUT2D eigenvalue weighted by Crippen LogP contribution is -2.13. The van der Waals surface area contributed by atoms with Gasteiger partial charge in [0.2, 0.25) is 0 Å². The van der Waals surface area contributed by atoms with Gasteiger partial charge in [0, 0.05) is 5.56 Å². The number of carboxylic acids is 1. The summed E-state index contributed by atoms with van der Waals surface area (Å²) in [6, 6.07) is 2.48. The number of alkyl halides is 1. The van der Waals surface area contributed by atoms with Gasteiger partial charge in [0.05, 0.1) is 10.0 Å². The molecule has 1 N–H and O–H groups in total. The summed E-state index contributed by atoms with van der Waals surface area (Å²) in [5, 5.41) is 12.1. The van der Waals surface area contributed by atoms with Crippen LogP contribution < -0.4 is 0 Å². The van der Waals surface area contributed by atoms with Crippen molar-refractivity contribution in [1.29, 1.82) is 0 Å². The van der Waals surface area contributed by atoms with Gasteiger partial charge in [-0.25, -0.2) is 13.6 Å². The van der Waals surface area contributed by atoms with Crippen molar-refractivity contribution in [2.24, 2.45) is 0 Å². The number of carboxylic acid groups (broad SMARTS) is 1. The van der Waals surface area contributed by atoms with E-state index in [0.29, 0.717) is 0 Å². The van der Waals surface area contributed by atoms with Gasteiger partial charge in [0.25, 0.3) is 0 Å². The molecular weight excluding hydrogens is 327 g/mol. The highest BCUT2D eigenvalue weighted by Gasteiger charge is 2.35. The van der Waals surface area contributed by atoms with Gasteiger partial charge in [-0.2, -0.15) is 0 Å². The Morgan fingerprint density at radius 2 is 2.00 bits per heavy atom. The van der Waals surface area contributed by atoms with Crippen LogP contribution in [0.4, 0.5) is 8.78 Å². The zero-order valence-corrected chi connectivity index (χ0v) is 12.4. The Morgan fingerprint density at radius 1 is 1.38 bits per heavy atom. The molecule has 0 saturated heterocycles. The number of hydrogen-bond donors (Lipinski definition) is 1. The maximum atomic E-state index is 14.0. The Bertz CT molecular complexity index is 723. The number of aromatic nitrogens is 1. The first-order valence-corrected chi connectivity index (χ1v) is 6.46. The van der Waals surface area contributed by atoms with Gasteiger partial charge in [-0.15, -0.1) is 0 Å². The SMILES string of the molecule is CC(C)(F)c1onc(-c2ccc(Cl)c(F)c2Cl)c1C(=O)O. The van der Waals surface area contributed by atoms with Crippen molar-refractivity contribution in [2.45, 2.75) is 19.5 Å². The van der Waals surface area contributed by atoms with Crippen LogP contribution in [0.1, 0.15) is 30.0 Å². The molecular formula is C13H9Cl2F2NO3. The number of aromatic carboxylic acids is 1. The lowest BCUT2D eigenvalue weighted by Gasteiger charge is -2.10. The molecule has 0 bridgehead atoms. The summed E-state index contributed by atoms with van der Waals surface area (Å²) in [6.07, 6.45) is 0. The Balaban J connectivity index is 2.75. The molecule has 112 valence electrons. The van der Waals surface area contributed by atoms with Crippen molar-refractivity contribution >= 4 is 29.2 Å². The highest BCUT2D eigenvalue weighted by molar-refractivity contribution is 6.36. The molecule has 0 radical (unpaired) electrons.